The molecular formula is C11H10FN3O2S. The highest BCUT2D eigenvalue weighted by molar-refractivity contribution is 7.92. The summed E-state index contributed by atoms with van der Waals surface area (Å²) in [7, 11) is -3.91. The van der Waals surface area contributed by atoms with Crippen molar-refractivity contribution in [2.75, 3.05) is 10.5 Å². The van der Waals surface area contributed by atoms with E-state index in [1.807, 2.05) is 0 Å². The highest BCUT2D eigenvalue weighted by Crippen LogP contribution is 2.23. The van der Waals surface area contributed by atoms with Crippen LogP contribution in [0.2, 0.25) is 0 Å². The number of rotatable bonds is 3. The van der Waals surface area contributed by atoms with E-state index in [1.54, 1.807) is 0 Å². The second kappa shape index (κ2) is 4.61. The molecule has 0 spiro atoms. The van der Waals surface area contributed by atoms with Crippen LogP contribution in [-0.2, 0) is 10.0 Å². The molecule has 2 aromatic rings. The van der Waals surface area contributed by atoms with Gasteiger partial charge in [0.05, 0.1) is 11.4 Å². The van der Waals surface area contributed by atoms with Gasteiger partial charge in [-0.1, -0.05) is 6.07 Å². The van der Waals surface area contributed by atoms with Crippen LogP contribution in [0.4, 0.5) is 15.8 Å². The fraction of sp³-hybridized carbons (Fsp3) is 0. The standard InChI is InChI=1S/C11H10FN3O2S/c12-9-2-1-3-10(11(9)13)18(16,17)15-8-4-6-14-7-5-8/h1-7H,13H2,(H,14,15). The van der Waals surface area contributed by atoms with Crippen molar-refractivity contribution in [2.45, 2.75) is 4.90 Å². The van der Waals surface area contributed by atoms with Gasteiger partial charge in [0.2, 0.25) is 0 Å². The number of aromatic nitrogens is 1. The summed E-state index contributed by atoms with van der Waals surface area (Å²) in [5, 5.41) is 0. The molecule has 0 saturated heterocycles. The number of nitrogens with one attached hydrogen (secondary N) is 1. The van der Waals surface area contributed by atoms with Crippen LogP contribution >= 0.6 is 0 Å². The Morgan fingerprint density at radius 3 is 2.50 bits per heavy atom. The third-order valence-electron chi connectivity index (χ3n) is 2.23. The Morgan fingerprint density at radius 1 is 1.17 bits per heavy atom. The zero-order valence-corrected chi connectivity index (χ0v) is 9.99. The first kappa shape index (κ1) is 12.3. The highest BCUT2D eigenvalue weighted by Gasteiger charge is 2.19. The summed E-state index contributed by atoms with van der Waals surface area (Å²) >= 11 is 0. The molecule has 18 heavy (non-hydrogen) atoms. The molecule has 0 bridgehead atoms. The van der Waals surface area contributed by atoms with Crippen molar-refractivity contribution in [3.05, 3.63) is 48.5 Å². The van der Waals surface area contributed by atoms with Gasteiger partial charge in [0.1, 0.15) is 10.7 Å². The summed E-state index contributed by atoms with van der Waals surface area (Å²) in [5.74, 6) is -0.771. The minimum absolute atomic E-state index is 0.292. The lowest BCUT2D eigenvalue weighted by atomic mass is 10.3. The summed E-state index contributed by atoms with van der Waals surface area (Å²) in [5.41, 5.74) is 5.34. The van der Waals surface area contributed by atoms with Crippen LogP contribution in [0.5, 0.6) is 0 Å². The number of nitrogens with zero attached hydrogens (tertiary/aromatic N) is 1. The van der Waals surface area contributed by atoms with E-state index in [-0.39, 0.29) is 4.90 Å². The van der Waals surface area contributed by atoms with Crippen molar-refractivity contribution in [1.29, 1.82) is 0 Å². The smallest absolute Gasteiger partial charge is 0.264 e. The van der Waals surface area contributed by atoms with Crippen LogP contribution < -0.4 is 10.5 Å². The number of benzene rings is 1. The molecule has 0 aliphatic heterocycles. The maximum Gasteiger partial charge on any atom is 0.264 e. The summed E-state index contributed by atoms with van der Waals surface area (Å²) in [6, 6.07) is 6.58. The van der Waals surface area contributed by atoms with Crippen molar-refractivity contribution in [3.8, 4) is 0 Å². The highest BCUT2D eigenvalue weighted by atomic mass is 32.2. The molecule has 0 fully saturated rings. The van der Waals surface area contributed by atoms with Gasteiger partial charge in [0.25, 0.3) is 10.0 Å². The number of hydrogen-bond donors (Lipinski definition) is 2. The summed E-state index contributed by atoms with van der Waals surface area (Å²) < 4.78 is 39.5. The van der Waals surface area contributed by atoms with Gasteiger partial charge in [-0.05, 0) is 24.3 Å². The molecule has 0 aliphatic rings. The van der Waals surface area contributed by atoms with Crippen molar-refractivity contribution in [2.24, 2.45) is 0 Å². The molecule has 1 aromatic heterocycles. The van der Waals surface area contributed by atoms with Gasteiger partial charge in [-0.25, -0.2) is 12.8 Å². The fourth-order valence-corrected chi connectivity index (χ4v) is 2.58. The predicted molar refractivity (Wildman–Crippen MR) is 65.9 cm³/mol. The van der Waals surface area contributed by atoms with E-state index in [0.29, 0.717) is 5.69 Å². The molecule has 0 aliphatic carbocycles. The number of sulfonamides is 1. The predicted octanol–water partition coefficient (Wildman–Crippen LogP) is 1.60. The van der Waals surface area contributed by atoms with Crippen LogP contribution in [0, 0.1) is 5.82 Å². The topological polar surface area (TPSA) is 85.1 Å². The van der Waals surface area contributed by atoms with Crippen molar-refractivity contribution in [1.82, 2.24) is 4.98 Å². The molecule has 0 radical (unpaired) electrons. The van der Waals surface area contributed by atoms with Gasteiger partial charge >= 0.3 is 0 Å². The van der Waals surface area contributed by atoms with Crippen LogP contribution in [0.15, 0.2) is 47.6 Å². The molecule has 2 rings (SSSR count). The van der Waals surface area contributed by atoms with E-state index >= 15 is 0 Å². The van der Waals surface area contributed by atoms with Crippen LogP contribution in [0.1, 0.15) is 0 Å². The van der Waals surface area contributed by atoms with Gasteiger partial charge in [-0.3, -0.25) is 9.71 Å². The second-order valence-electron chi connectivity index (χ2n) is 3.49. The number of pyridine rings is 1. The first-order chi connectivity index (χ1) is 8.50. The Labute approximate surface area is 104 Å². The number of nitrogen functional groups attached to an aromatic ring is 1. The number of hydrogen-bond acceptors (Lipinski definition) is 4. The van der Waals surface area contributed by atoms with Crippen LogP contribution in [0.3, 0.4) is 0 Å². The molecule has 3 N–H and O–H groups in total. The normalized spacial score (nSPS) is 11.2. The average molecular weight is 267 g/mol. The SMILES string of the molecule is Nc1c(F)cccc1S(=O)(=O)Nc1ccncc1. The third kappa shape index (κ3) is 2.40. The van der Waals surface area contributed by atoms with Gasteiger partial charge < -0.3 is 5.73 Å². The molecule has 5 nitrogen and oxygen atoms in total. The first-order valence-electron chi connectivity index (χ1n) is 4.97. The van der Waals surface area contributed by atoms with E-state index in [9.17, 15) is 12.8 Å². The maximum atomic E-state index is 13.2. The lowest BCUT2D eigenvalue weighted by Gasteiger charge is -2.10. The van der Waals surface area contributed by atoms with E-state index < -0.39 is 21.5 Å². The molecule has 0 atom stereocenters. The lowest BCUT2D eigenvalue weighted by Crippen LogP contribution is -2.15. The number of nitrogens with two attached hydrogens (primary N) is 1. The summed E-state index contributed by atoms with van der Waals surface area (Å²) in [6.07, 6.45) is 2.87. The monoisotopic (exact) mass is 267 g/mol. The molecule has 0 saturated carbocycles. The van der Waals surface area contributed by atoms with Crippen molar-refractivity contribution in [3.63, 3.8) is 0 Å². The first-order valence-corrected chi connectivity index (χ1v) is 6.46. The van der Waals surface area contributed by atoms with Crippen molar-refractivity contribution >= 4 is 21.4 Å². The summed E-state index contributed by atoms with van der Waals surface area (Å²) in [6.45, 7) is 0. The Balaban J connectivity index is 2.41. The second-order valence-corrected chi connectivity index (χ2v) is 5.14. The minimum Gasteiger partial charge on any atom is -0.395 e. The largest absolute Gasteiger partial charge is 0.395 e. The zero-order chi connectivity index (χ0) is 13.2. The minimum atomic E-state index is -3.91. The van der Waals surface area contributed by atoms with E-state index in [1.165, 1.54) is 36.7 Å². The fourth-order valence-electron chi connectivity index (χ4n) is 1.38. The third-order valence-corrected chi connectivity index (χ3v) is 3.67. The molecule has 1 aromatic carbocycles. The quantitative estimate of drug-likeness (QED) is 0.827. The van der Waals surface area contributed by atoms with Gasteiger partial charge in [-0.2, -0.15) is 0 Å². The van der Waals surface area contributed by atoms with Crippen LogP contribution in [0.25, 0.3) is 0 Å². The van der Waals surface area contributed by atoms with E-state index in [4.69, 9.17) is 5.73 Å². The average Bonchev–Trinajstić information content (AvgIpc) is 2.33. The van der Waals surface area contributed by atoms with Crippen LogP contribution in [-0.4, -0.2) is 13.4 Å². The molecule has 94 valence electrons. The van der Waals surface area contributed by atoms with E-state index in [2.05, 4.69) is 9.71 Å². The Kier molecular flexibility index (Phi) is 3.15. The van der Waals surface area contributed by atoms with Gasteiger partial charge in [-0.15, -0.1) is 0 Å². The molecular weight excluding hydrogens is 257 g/mol. The lowest BCUT2D eigenvalue weighted by molar-refractivity contribution is 0.597. The molecule has 0 amide bonds. The van der Waals surface area contributed by atoms with Gasteiger partial charge in [0.15, 0.2) is 0 Å². The zero-order valence-electron chi connectivity index (χ0n) is 9.17. The number of anilines is 2. The number of halogens is 1. The molecule has 7 heteroatoms. The summed E-state index contributed by atoms with van der Waals surface area (Å²) in [4.78, 5) is 3.47. The Bertz CT molecular complexity index is 659. The van der Waals surface area contributed by atoms with E-state index in [0.717, 1.165) is 6.07 Å². The van der Waals surface area contributed by atoms with Crippen molar-refractivity contribution < 1.29 is 12.8 Å². The van der Waals surface area contributed by atoms with Gasteiger partial charge in [0, 0.05) is 12.4 Å². The molecule has 1 heterocycles. The number of para-hydroxylation sites is 1. The Morgan fingerprint density at radius 2 is 1.83 bits per heavy atom. The molecule has 0 unspecified atom stereocenters. The maximum absolute atomic E-state index is 13.2. The Hall–Kier alpha value is -2.15.